The van der Waals surface area contributed by atoms with Gasteiger partial charge >= 0.3 is 0 Å². The normalized spacial score (nSPS) is 11.3. The number of aromatic nitrogens is 3. The largest absolute Gasteiger partial charge is 0.276 e. The number of aromatic amines is 1. The molecule has 0 atom stereocenters. The molecule has 0 fully saturated rings. The summed E-state index contributed by atoms with van der Waals surface area (Å²) in [5.74, 6) is 0.619. The highest BCUT2D eigenvalue weighted by Crippen LogP contribution is 2.15. The molecule has 3 heteroatoms. The van der Waals surface area contributed by atoms with Crippen molar-refractivity contribution in [3.8, 4) is 0 Å². The first kappa shape index (κ1) is 8.23. The van der Waals surface area contributed by atoms with Crippen LogP contribution in [0.5, 0.6) is 0 Å². The molecule has 2 rings (SSSR count). The summed E-state index contributed by atoms with van der Waals surface area (Å²) in [5, 5.41) is 7.23. The summed E-state index contributed by atoms with van der Waals surface area (Å²) in [6.07, 6.45) is 2.79. The van der Waals surface area contributed by atoms with Crippen LogP contribution in [0.3, 0.4) is 0 Å². The predicted molar refractivity (Wildman–Crippen MR) is 52.4 cm³/mol. The molecule has 0 amide bonds. The Morgan fingerprint density at radius 3 is 3.08 bits per heavy atom. The fourth-order valence-electron chi connectivity index (χ4n) is 1.44. The Bertz CT molecular complexity index is 403. The number of H-pyrrole nitrogens is 1. The minimum Gasteiger partial charge on any atom is -0.276 e. The van der Waals surface area contributed by atoms with Gasteiger partial charge < -0.3 is 0 Å². The van der Waals surface area contributed by atoms with Gasteiger partial charge in [-0.25, -0.2) is 0 Å². The van der Waals surface area contributed by atoms with E-state index in [4.69, 9.17) is 0 Å². The van der Waals surface area contributed by atoms with Crippen molar-refractivity contribution in [2.75, 3.05) is 0 Å². The Morgan fingerprint density at radius 2 is 2.31 bits per heavy atom. The van der Waals surface area contributed by atoms with Crippen LogP contribution in [0.25, 0.3) is 11.0 Å². The van der Waals surface area contributed by atoms with Gasteiger partial charge in [-0.1, -0.05) is 13.8 Å². The Labute approximate surface area is 77.2 Å². The summed E-state index contributed by atoms with van der Waals surface area (Å²) in [6.45, 7) is 4.37. The average molecular weight is 175 g/mol. The summed E-state index contributed by atoms with van der Waals surface area (Å²) in [5.41, 5.74) is 3.11. The first-order chi connectivity index (χ1) is 6.27. The highest BCUT2D eigenvalue weighted by Gasteiger charge is 2.07. The Hall–Kier alpha value is -1.38. The molecule has 0 bridgehead atoms. The maximum absolute atomic E-state index is 4.30. The minimum atomic E-state index is 0.619. The molecule has 0 saturated heterocycles. The number of hydrogen-bond donors (Lipinski definition) is 1. The summed E-state index contributed by atoms with van der Waals surface area (Å²) < 4.78 is 0. The first-order valence-electron chi connectivity index (χ1n) is 4.55. The van der Waals surface area contributed by atoms with Crippen LogP contribution in [0.15, 0.2) is 18.3 Å². The summed E-state index contributed by atoms with van der Waals surface area (Å²) >= 11 is 0. The molecule has 2 aromatic heterocycles. The third-order valence-corrected chi connectivity index (χ3v) is 1.99. The molecule has 0 unspecified atom stereocenters. The van der Waals surface area contributed by atoms with Gasteiger partial charge in [0, 0.05) is 6.20 Å². The van der Waals surface area contributed by atoms with Gasteiger partial charge in [0.2, 0.25) is 0 Å². The van der Waals surface area contributed by atoms with Crippen molar-refractivity contribution in [1.82, 2.24) is 15.2 Å². The molecule has 0 spiro atoms. The Morgan fingerprint density at radius 1 is 1.46 bits per heavy atom. The lowest BCUT2D eigenvalue weighted by molar-refractivity contribution is 0.635. The quantitative estimate of drug-likeness (QED) is 0.759. The fourth-order valence-corrected chi connectivity index (χ4v) is 1.44. The third-order valence-electron chi connectivity index (χ3n) is 1.99. The van der Waals surface area contributed by atoms with Crippen molar-refractivity contribution in [2.24, 2.45) is 5.92 Å². The van der Waals surface area contributed by atoms with Gasteiger partial charge in [-0.2, -0.15) is 5.10 Å². The molecular formula is C10H13N3. The van der Waals surface area contributed by atoms with E-state index in [9.17, 15) is 0 Å². The number of nitrogens with one attached hydrogen (secondary N) is 1. The third kappa shape index (κ3) is 1.54. The Balaban J connectivity index is 2.46. The molecule has 2 heterocycles. The first-order valence-corrected chi connectivity index (χ1v) is 4.55. The zero-order valence-electron chi connectivity index (χ0n) is 7.91. The smallest absolute Gasteiger partial charge is 0.111 e. The standard InChI is InChI=1S/C10H13N3/c1-7(2)6-9-10-8(12-13-9)4-3-5-11-10/h3-5,7H,6H2,1-2H3,(H,12,13). The maximum atomic E-state index is 4.30. The van der Waals surface area contributed by atoms with Crippen molar-refractivity contribution < 1.29 is 0 Å². The molecular weight excluding hydrogens is 162 g/mol. The summed E-state index contributed by atoms with van der Waals surface area (Å²) in [6, 6.07) is 3.92. The van der Waals surface area contributed by atoms with E-state index in [-0.39, 0.29) is 0 Å². The minimum absolute atomic E-state index is 0.619. The molecule has 2 aromatic rings. The number of hydrogen-bond acceptors (Lipinski definition) is 2. The number of rotatable bonds is 2. The van der Waals surface area contributed by atoms with E-state index in [1.807, 2.05) is 18.3 Å². The van der Waals surface area contributed by atoms with E-state index < -0.39 is 0 Å². The van der Waals surface area contributed by atoms with Crippen LogP contribution in [0.1, 0.15) is 19.5 Å². The van der Waals surface area contributed by atoms with E-state index in [0.717, 1.165) is 23.1 Å². The van der Waals surface area contributed by atoms with Gasteiger partial charge in [-0.05, 0) is 24.5 Å². The molecule has 0 aliphatic heterocycles. The van der Waals surface area contributed by atoms with Gasteiger partial charge in [0.1, 0.15) is 5.52 Å². The molecule has 13 heavy (non-hydrogen) atoms. The van der Waals surface area contributed by atoms with E-state index in [1.54, 1.807) is 0 Å². The lowest BCUT2D eigenvalue weighted by atomic mass is 10.1. The average Bonchev–Trinajstić information content (AvgIpc) is 2.48. The maximum Gasteiger partial charge on any atom is 0.111 e. The van der Waals surface area contributed by atoms with Crippen LogP contribution in [0.4, 0.5) is 0 Å². The second kappa shape index (κ2) is 3.17. The second-order valence-corrected chi connectivity index (χ2v) is 3.67. The van der Waals surface area contributed by atoms with Crippen LogP contribution in [0.2, 0.25) is 0 Å². The molecule has 1 N–H and O–H groups in total. The molecule has 68 valence electrons. The fraction of sp³-hybridized carbons (Fsp3) is 0.400. The number of fused-ring (bicyclic) bond motifs is 1. The van der Waals surface area contributed by atoms with Gasteiger partial charge in [0.25, 0.3) is 0 Å². The summed E-state index contributed by atoms with van der Waals surface area (Å²) in [7, 11) is 0. The zero-order chi connectivity index (χ0) is 9.26. The van der Waals surface area contributed by atoms with Crippen molar-refractivity contribution in [3.05, 3.63) is 24.0 Å². The van der Waals surface area contributed by atoms with Crippen LogP contribution < -0.4 is 0 Å². The van der Waals surface area contributed by atoms with Gasteiger partial charge in [-0.15, -0.1) is 0 Å². The van der Waals surface area contributed by atoms with E-state index in [2.05, 4.69) is 29.0 Å². The topological polar surface area (TPSA) is 41.6 Å². The molecule has 3 nitrogen and oxygen atoms in total. The highest BCUT2D eigenvalue weighted by molar-refractivity contribution is 5.76. The van der Waals surface area contributed by atoms with Gasteiger partial charge in [0.15, 0.2) is 0 Å². The zero-order valence-corrected chi connectivity index (χ0v) is 7.91. The Kier molecular flexibility index (Phi) is 2.00. The molecule has 0 aromatic carbocycles. The lowest BCUT2D eigenvalue weighted by Gasteiger charge is -1.99. The van der Waals surface area contributed by atoms with Crippen molar-refractivity contribution in [2.45, 2.75) is 20.3 Å². The lowest BCUT2D eigenvalue weighted by Crippen LogP contribution is -1.95. The van der Waals surface area contributed by atoms with Crippen LogP contribution >= 0.6 is 0 Å². The molecule has 0 aliphatic rings. The van der Waals surface area contributed by atoms with E-state index >= 15 is 0 Å². The van der Waals surface area contributed by atoms with Crippen molar-refractivity contribution in [3.63, 3.8) is 0 Å². The van der Waals surface area contributed by atoms with Crippen LogP contribution in [0, 0.1) is 5.92 Å². The van der Waals surface area contributed by atoms with Crippen molar-refractivity contribution >= 4 is 11.0 Å². The molecule has 0 radical (unpaired) electrons. The van der Waals surface area contributed by atoms with Crippen LogP contribution in [-0.4, -0.2) is 15.2 Å². The molecule has 0 aliphatic carbocycles. The van der Waals surface area contributed by atoms with Crippen LogP contribution in [-0.2, 0) is 6.42 Å². The second-order valence-electron chi connectivity index (χ2n) is 3.67. The number of pyridine rings is 1. The van der Waals surface area contributed by atoms with Gasteiger partial charge in [0.05, 0.1) is 11.2 Å². The SMILES string of the molecule is CC(C)Cc1n[nH]c2cccnc12. The summed E-state index contributed by atoms with van der Waals surface area (Å²) in [4.78, 5) is 4.30. The van der Waals surface area contributed by atoms with Gasteiger partial charge in [-0.3, -0.25) is 10.1 Å². The predicted octanol–water partition coefficient (Wildman–Crippen LogP) is 2.16. The van der Waals surface area contributed by atoms with Crippen molar-refractivity contribution in [1.29, 1.82) is 0 Å². The van der Waals surface area contributed by atoms with E-state index in [1.165, 1.54) is 0 Å². The number of nitrogens with zero attached hydrogens (tertiary/aromatic N) is 2. The monoisotopic (exact) mass is 175 g/mol. The molecule has 0 saturated carbocycles. The van der Waals surface area contributed by atoms with E-state index in [0.29, 0.717) is 5.92 Å². The highest BCUT2D eigenvalue weighted by atomic mass is 15.1.